The van der Waals surface area contributed by atoms with E-state index in [9.17, 15) is 15.2 Å². The number of carbonyl (C=O) groups is 1. The van der Waals surface area contributed by atoms with Crippen LogP contribution >= 0.6 is 6.64 Å². The maximum absolute atomic E-state index is 13.1. The molecule has 6 heterocycles. The van der Waals surface area contributed by atoms with Gasteiger partial charge in [0, 0.05) is 44.6 Å². The van der Waals surface area contributed by atoms with Gasteiger partial charge in [-0.15, -0.1) is 0 Å². The minimum absolute atomic E-state index is 0.0174. The van der Waals surface area contributed by atoms with Crippen LogP contribution in [0.1, 0.15) is 58.8 Å². The van der Waals surface area contributed by atoms with Crippen molar-refractivity contribution < 1.29 is 28.4 Å². The number of aliphatic hydroxyl groups excluding tert-OH is 1. The highest BCUT2D eigenvalue weighted by molar-refractivity contribution is 8.09. The molecule has 0 spiro atoms. The fourth-order valence-corrected chi connectivity index (χ4v) is 11.8. The Labute approximate surface area is 431 Å². The van der Waals surface area contributed by atoms with Crippen LogP contribution in [0, 0.1) is 11.3 Å². The number of fused-ring (bicyclic) bond motifs is 2. The summed E-state index contributed by atoms with van der Waals surface area (Å²) in [6.45, 7) is -3.96. The van der Waals surface area contributed by atoms with Crippen molar-refractivity contribution in [2.24, 2.45) is 4.99 Å². The topological polar surface area (TPSA) is 237 Å². The second kappa shape index (κ2) is 22.5. The third-order valence-corrected chi connectivity index (χ3v) is 15.5. The lowest BCUT2D eigenvalue weighted by molar-refractivity contribution is -0.0265. The summed E-state index contributed by atoms with van der Waals surface area (Å²) in [6.07, 6.45) is 5.78. The fourth-order valence-electron chi connectivity index (χ4n) is 9.44. The summed E-state index contributed by atoms with van der Waals surface area (Å²) in [5.74, 6) is 0.297. The molecule has 8 aromatic rings. The number of aliphatic hydroxyl groups is 1. The number of nitrogens with one attached hydrogen (secondary N) is 3. The van der Waals surface area contributed by atoms with E-state index in [4.69, 9.17) is 35.3 Å². The normalized spacial score (nSPS) is 20.7. The molecule has 0 radical (unpaired) electrons. The standard InChI is InChI=1S/C52H53N14O6PS/c1-64(2)32-60-47-45-49(56-30-54-47)65(33-58-45)43-26-39(62-52(36-18-9-4-10-19-36,37-20-11-5-12-21-37)38-22-13-6-14-23-38)42(72-43)29-70-73(74,69-25-15-24-53)63-40-27-44(71-41(40)28-67)66-34-59-46-48(55-31-57-50(46)66)61-51(68)35-16-7-3-8-17-35/h3-14,16-23,30-34,39-44,62,67H,15,25-29H2,1-2H3,(H,63,74)(H,55,57,61,68)/t39?,40?,41-,42-,43-,44-,73?/m1/s1. The first-order valence-corrected chi connectivity index (χ1v) is 26.6. The molecular formula is C52H53N14O6PS. The number of carbonyl (C=O) groups excluding carboxylic acids is 1. The molecule has 378 valence electrons. The molecule has 10 rings (SSSR count). The maximum Gasteiger partial charge on any atom is 0.261 e. The number of ether oxygens (including phenoxy) is 2. The van der Waals surface area contributed by atoms with Crippen LogP contribution in [0.2, 0.25) is 0 Å². The van der Waals surface area contributed by atoms with E-state index in [-0.39, 0.29) is 44.4 Å². The first-order valence-electron chi connectivity index (χ1n) is 24.0. The lowest BCUT2D eigenvalue weighted by atomic mass is 9.76. The molecule has 1 amide bonds. The zero-order valence-electron chi connectivity index (χ0n) is 40.4. The minimum Gasteiger partial charge on any atom is -0.394 e. The van der Waals surface area contributed by atoms with Crippen LogP contribution in [-0.2, 0) is 35.9 Å². The summed E-state index contributed by atoms with van der Waals surface area (Å²) in [5.41, 5.74) is 4.41. The Morgan fingerprint density at radius 2 is 1.35 bits per heavy atom. The Bertz CT molecular complexity index is 3210. The lowest BCUT2D eigenvalue weighted by Crippen LogP contribution is -2.53. The average Bonchev–Trinajstić information content (AvgIpc) is 4.26. The number of nitrogens with zero attached hydrogens (tertiary/aromatic N) is 11. The monoisotopic (exact) mass is 1030 g/mol. The van der Waals surface area contributed by atoms with Gasteiger partial charge in [0.15, 0.2) is 34.0 Å². The van der Waals surface area contributed by atoms with E-state index >= 15 is 0 Å². The third-order valence-electron chi connectivity index (χ3n) is 12.9. The first-order chi connectivity index (χ1) is 36.2. The average molecular weight is 1030 g/mol. The molecule has 4 N–H and O–H groups in total. The molecule has 4 aromatic carbocycles. The molecule has 22 heteroatoms. The smallest absolute Gasteiger partial charge is 0.261 e. The number of aliphatic imine (C=N–C) groups is 1. The van der Waals surface area contributed by atoms with Crippen LogP contribution in [0.3, 0.4) is 0 Å². The number of imidazole rings is 2. The number of anilines is 1. The molecule has 2 aliphatic rings. The van der Waals surface area contributed by atoms with Crippen LogP contribution in [0.25, 0.3) is 22.3 Å². The molecule has 2 aliphatic heterocycles. The van der Waals surface area contributed by atoms with E-state index in [1.807, 2.05) is 84.2 Å². The zero-order chi connectivity index (χ0) is 51.1. The van der Waals surface area contributed by atoms with Crippen LogP contribution in [0.15, 0.2) is 152 Å². The highest BCUT2D eigenvalue weighted by Crippen LogP contribution is 2.49. The van der Waals surface area contributed by atoms with Gasteiger partial charge in [-0.2, -0.15) is 5.26 Å². The number of rotatable bonds is 20. The summed E-state index contributed by atoms with van der Waals surface area (Å²) in [5, 5.41) is 30.8. The second-order valence-electron chi connectivity index (χ2n) is 17.9. The Morgan fingerprint density at radius 3 is 1.95 bits per heavy atom. The van der Waals surface area contributed by atoms with E-state index in [2.05, 4.69) is 88.1 Å². The van der Waals surface area contributed by atoms with E-state index in [1.54, 1.807) is 47.8 Å². The zero-order valence-corrected chi connectivity index (χ0v) is 42.1. The fraction of sp³-hybridized carbons (Fsp3) is 0.288. The van der Waals surface area contributed by atoms with Crippen LogP contribution in [0.5, 0.6) is 0 Å². The van der Waals surface area contributed by atoms with Crippen molar-refractivity contribution in [3.63, 3.8) is 0 Å². The van der Waals surface area contributed by atoms with Gasteiger partial charge in [-0.25, -0.2) is 40.0 Å². The number of benzene rings is 4. The molecule has 0 saturated carbocycles. The predicted octanol–water partition coefficient (Wildman–Crippen LogP) is 6.79. The van der Waals surface area contributed by atoms with Gasteiger partial charge in [0.05, 0.1) is 69.1 Å². The quantitative estimate of drug-likeness (QED) is 0.0202. The van der Waals surface area contributed by atoms with Gasteiger partial charge in [0.25, 0.3) is 12.5 Å². The Morgan fingerprint density at radius 1 is 0.797 bits per heavy atom. The van der Waals surface area contributed by atoms with E-state index < -0.39 is 48.9 Å². The Balaban J connectivity index is 0.962. The first kappa shape index (κ1) is 50.3. The highest BCUT2D eigenvalue weighted by Gasteiger charge is 2.46. The van der Waals surface area contributed by atoms with Gasteiger partial charge in [0.2, 0.25) is 0 Å². The third kappa shape index (κ3) is 10.6. The molecule has 2 fully saturated rings. The number of amides is 1. The molecule has 0 aliphatic carbocycles. The van der Waals surface area contributed by atoms with Crippen molar-refractivity contribution in [2.75, 3.05) is 39.2 Å². The van der Waals surface area contributed by atoms with Gasteiger partial charge in [-0.3, -0.25) is 19.2 Å². The molecule has 3 unspecified atom stereocenters. The van der Waals surface area contributed by atoms with E-state index in [1.165, 1.54) is 12.7 Å². The van der Waals surface area contributed by atoms with Gasteiger partial charge in [0.1, 0.15) is 25.1 Å². The number of aromatic nitrogens is 8. The number of hydrogen-bond donors (Lipinski definition) is 4. The molecule has 7 atom stereocenters. The summed E-state index contributed by atoms with van der Waals surface area (Å²) < 4.78 is 30.3. The minimum atomic E-state index is -3.52. The Hall–Kier alpha value is -7.22. The van der Waals surface area contributed by atoms with Crippen molar-refractivity contribution in [1.29, 1.82) is 5.26 Å². The summed E-state index contributed by atoms with van der Waals surface area (Å²) in [6, 6.07) is 40.8. The molecular weight excluding hydrogens is 980 g/mol. The lowest BCUT2D eigenvalue weighted by Gasteiger charge is -2.40. The molecule has 0 bridgehead atoms. The Kier molecular flexibility index (Phi) is 15.3. The van der Waals surface area contributed by atoms with Crippen LogP contribution < -0.4 is 15.7 Å². The summed E-state index contributed by atoms with van der Waals surface area (Å²) in [4.78, 5) is 46.6. The van der Waals surface area contributed by atoms with Crippen molar-refractivity contribution in [1.82, 2.24) is 54.3 Å². The van der Waals surface area contributed by atoms with Gasteiger partial charge >= 0.3 is 0 Å². The number of hydrogen-bond acceptors (Lipinski definition) is 16. The molecule has 74 heavy (non-hydrogen) atoms. The number of nitriles is 1. The SMILES string of the molecule is CN(C)C=Nc1ncnc2c1ncn2[C@H]1CC(NC(c2ccccc2)(c2ccccc2)c2ccccc2)[C@@H](COP(=S)(NC2C[C@H](n3cnc4c(NC(=O)c5ccccc5)ncnc43)O[C@@H]2CO)OCCC#N)O1. The van der Waals surface area contributed by atoms with Crippen molar-refractivity contribution in [3.05, 3.63) is 169 Å². The van der Waals surface area contributed by atoms with Crippen LogP contribution in [-0.4, -0.2) is 119 Å². The second-order valence-corrected chi connectivity index (χ2v) is 21.1. The molecule has 20 nitrogen and oxygen atoms in total. The van der Waals surface area contributed by atoms with Crippen LogP contribution in [0.4, 0.5) is 11.6 Å². The molecule has 2 saturated heterocycles. The van der Waals surface area contributed by atoms with Crippen molar-refractivity contribution in [2.45, 2.75) is 61.5 Å². The van der Waals surface area contributed by atoms with E-state index in [0.29, 0.717) is 40.1 Å². The largest absolute Gasteiger partial charge is 0.394 e. The van der Waals surface area contributed by atoms with Crippen molar-refractivity contribution in [3.8, 4) is 6.07 Å². The molecule has 4 aromatic heterocycles. The maximum atomic E-state index is 13.1. The summed E-state index contributed by atoms with van der Waals surface area (Å²) >= 11 is 6.31. The van der Waals surface area contributed by atoms with Gasteiger partial charge < -0.3 is 33.8 Å². The highest BCUT2D eigenvalue weighted by atomic mass is 32.5. The van der Waals surface area contributed by atoms with Crippen molar-refractivity contribution >= 4 is 64.7 Å². The van der Waals surface area contributed by atoms with Gasteiger partial charge in [-0.1, -0.05) is 109 Å². The van der Waals surface area contributed by atoms with E-state index in [0.717, 1.165) is 16.7 Å². The predicted molar refractivity (Wildman–Crippen MR) is 280 cm³/mol. The summed E-state index contributed by atoms with van der Waals surface area (Å²) in [7, 11) is 3.75. The van der Waals surface area contributed by atoms with Gasteiger partial charge in [-0.05, 0) is 40.6 Å².